The number of methoxy groups -OCH3 is 1. The van der Waals surface area contributed by atoms with Gasteiger partial charge in [0, 0.05) is 30.1 Å². The van der Waals surface area contributed by atoms with Crippen molar-refractivity contribution in [2.24, 2.45) is 28.6 Å². The smallest absolute Gasteiger partial charge is 0.407 e. The van der Waals surface area contributed by atoms with E-state index in [0.29, 0.717) is 30.8 Å². The molecule has 2 unspecified atom stereocenters. The number of imidazole rings is 2. The van der Waals surface area contributed by atoms with Crippen LogP contribution in [0.25, 0.3) is 33.6 Å². The minimum Gasteiger partial charge on any atom is -0.453 e. The average molecular weight is 923 g/mol. The highest BCUT2D eigenvalue weighted by Crippen LogP contribution is 2.56. The Bertz CT molecular complexity index is 2580. The number of hydrogen-bond donors (Lipinski definition) is 3. The van der Waals surface area contributed by atoms with Gasteiger partial charge in [0.1, 0.15) is 17.7 Å². The molecule has 3 N–H and O–H groups in total. The van der Waals surface area contributed by atoms with Gasteiger partial charge in [-0.2, -0.15) is 0 Å². The van der Waals surface area contributed by atoms with Gasteiger partial charge in [-0.15, -0.1) is 0 Å². The maximum absolute atomic E-state index is 14.2. The molecule has 3 saturated heterocycles. The van der Waals surface area contributed by atoms with Crippen molar-refractivity contribution < 1.29 is 19.1 Å². The maximum Gasteiger partial charge on any atom is 0.407 e. The molecule has 4 aromatic rings. The van der Waals surface area contributed by atoms with Crippen LogP contribution >= 0.6 is 0 Å². The third-order valence-corrected chi connectivity index (χ3v) is 18.1. The SMILES string of the molecule is COC(=O)N[C@H](C(=O)N1CCCC[C@H]1c1ncc(-c2ccc(-c3ccc(-c4cnc([C@@H]5C6CCC(C6)N5C(=O)CC(C)C)[nH]4)c4c3CC3(CCN(C)CC3)C4)c3c2CC2(CCCC2)C3)[nH]1)C(C)C. The molecular formula is C56H74N8O4. The average Bonchev–Trinajstić information content (AvgIpc) is 4.20. The minimum atomic E-state index is -0.679. The number of fused-ring (bicyclic) bond motifs is 4. The summed E-state index contributed by atoms with van der Waals surface area (Å²) in [6, 6.07) is 9.12. The second kappa shape index (κ2) is 17.8. The molecule has 0 radical (unpaired) electrons. The van der Waals surface area contributed by atoms with E-state index in [4.69, 9.17) is 14.7 Å². The van der Waals surface area contributed by atoms with Crippen LogP contribution in [0.4, 0.5) is 4.79 Å². The number of ether oxygens (including phenoxy) is 1. The lowest BCUT2D eigenvalue weighted by atomic mass is 9.75. The zero-order chi connectivity index (χ0) is 47.1. The second-order valence-corrected chi connectivity index (χ2v) is 23.3. The Balaban J connectivity index is 0.954. The zero-order valence-corrected chi connectivity index (χ0v) is 41.5. The summed E-state index contributed by atoms with van der Waals surface area (Å²) < 4.78 is 4.90. The van der Waals surface area contributed by atoms with Crippen LogP contribution in [0.15, 0.2) is 36.7 Å². The lowest BCUT2D eigenvalue weighted by Crippen LogP contribution is -2.53. The lowest BCUT2D eigenvalue weighted by Gasteiger charge is -2.37. The molecule has 4 aliphatic carbocycles. The minimum absolute atomic E-state index is 0.0351. The molecule has 11 rings (SSSR count). The van der Waals surface area contributed by atoms with E-state index in [2.05, 4.69) is 76.4 Å². The van der Waals surface area contributed by atoms with Gasteiger partial charge in [-0.3, -0.25) is 9.59 Å². The van der Waals surface area contributed by atoms with Crippen LogP contribution in [0.1, 0.15) is 157 Å². The van der Waals surface area contributed by atoms with E-state index < -0.39 is 12.1 Å². The first kappa shape index (κ1) is 45.5. The van der Waals surface area contributed by atoms with Crippen LogP contribution in [-0.2, 0) is 40.0 Å². The monoisotopic (exact) mass is 923 g/mol. The Kier molecular flexibility index (Phi) is 11.9. The van der Waals surface area contributed by atoms with Gasteiger partial charge in [0.2, 0.25) is 11.8 Å². The normalized spacial score (nSPS) is 25.2. The molecule has 7 aliphatic rings. The highest BCUT2D eigenvalue weighted by molar-refractivity contribution is 5.87. The van der Waals surface area contributed by atoms with Crippen LogP contribution in [0.2, 0.25) is 0 Å². The molecule has 5 atom stereocenters. The topological polar surface area (TPSA) is 140 Å². The molecule has 12 heteroatoms. The summed E-state index contributed by atoms with van der Waals surface area (Å²) in [6.45, 7) is 11.1. The van der Waals surface area contributed by atoms with E-state index in [-0.39, 0.29) is 40.6 Å². The van der Waals surface area contributed by atoms with Gasteiger partial charge in [0.15, 0.2) is 0 Å². The van der Waals surface area contributed by atoms with Crippen molar-refractivity contribution in [2.75, 3.05) is 33.8 Å². The number of aromatic amines is 2. The summed E-state index contributed by atoms with van der Waals surface area (Å²) in [5, 5.41) is 2.81. The van der Waals surface area contributed by atoms with Crippen molar-refractivity contribution in [2.45, 2.75) is 161 Å². The van der Waals surface area contributed by atoms with Gasteiger partial charge in [-0.25, -0.2) is 14.8 Å². The van der Waals surface area contributed by atoms with E-state index >= 15 is 0 Å². The Morgan fingerprint density at radius 2 is 1.31 bits per heavy atom. The van der Waals surface area contributed by atoms with E-state index in [0.717, 1.165) is 93.9 Å². The number of nitrogens with one attached hydrogen (secondary N) is 3. The first-order valence-electron chi connectivity index (χ1n) is 26.4. The van der Waals surface area contributed by atoms with Crippen LogP contribution in [0, 0.1) is 28.6 Å². The molecular weight excluding hydrogens is 849 g/mol. The molecule has 12 nitrogen and oxygen atoms in total. The molecule has 3 aliphatic heterocycles. The molecule has 2 aromatic carbocycles. The third kappa shape index (κ3) is 7.98. The zero-order valence-electron chi connectivity index (χ0n) is 41.5. The van der Waals surface area contributed by atoms with Crippen LogP contribution in [-0.4, -0.2) is 98.4 Å². The molecule has 2 saturated carbocycles. The number of H-pyrrole nitrogens is 2. The number of aromatic nitrogens is 4. The molecule has 2 spiro atoms. The Hall–Kier alpha value is -4.97. The summed E-state index contributed by atoms with van der Waals surface area (Å²) in [7, 11) is 3.61. The molecule has 3 amide bonds. The summed E-state index contributed by atoms with van der Waals surface area (Å²) in [6.07, 6.45) is 22.1. The van der Waals surface area contributed by atoms with E-state index in [1.54, 1.807) is 0 Å². The number of carbonyl (C=O) groups excluding carboxylic acids is 3. The predicted octanol–water partition coefficient (Wildman–Crippen LogP) is 10.1. The number of amides is 3. The van der Waals surface area contributed by atoms with Gasteiger partial charge < -0.3 is 34.7 Å². The highest BCUT2D eigenvalue weighted by Gasteiger charge is 2.50. The number of carbonyl (C=O) groups is 3. The van der Waals surface area contributed by atoms with Crippen LogP contribution < -0.4 is 5.32 Å². The lowest BCUT2D eigenvalue weighted by molar-refractivity contribution is -0.138. The Labute approximate surface area is 403 Å². The number of hydrogen-bond acceptors (Lipinski definition) is 7. The number of piperidine rings is 3. The second-order valence-electron chi connectivity index (χ2n) is 23.3. The number of alkyl carbamates (subject to hydrolysis) is 1. The molecule has 68 heavy (non-hydrogen) atoms. The van der Waals surface area contributed by atoms with Gasteiger partial charge in [0.05, 0.1) is 43.0 Å². The summed E-state index contributed by atoms with van der Waals surface area (Å²) in [5.41, 5.74) is 13.9. The fourth-order valence-electron chi connectivity index (χ4n) is 14.5. The maximum atomic E-state index is 14.2. The van der Waals surface area contributed by atoms with Crippen molar-refractivity contribution in [1.29, 1.82) is 0 Å². The van der Waals surface area contributed by atoms with Crippen molar-refractivity contribution in [3.8, 4) is 33.6 Å². The number of benzene rings is 2. The Morgan fingerprint density at radius 1 is 0.735 bits per heavy atom. The predicted molar refractivity (Wildman–Crippen MR) is 265 cm³/mol. The van der Waals surface area contributed by atoms with Crippen molar-refractivity contribution in [1.82, 2.24) is 40.0 Å². The number of nitrogens with zero attached hydrogens (tertiary/aromatic N) is 5. The third-order valence-electron chi connectivity index (χ3n) is 18.1. The summed E-state index contributed by atoms with van der Waals surface area (Å²) in [5.74, 6) is 2.68. The van der Waals surface area contributed by atoms with Crippen LogP contribution in [0.5, 0.6) is 0 Å². The van der Waals surface area contributed by atoms with Crippen molar-refractivity contribution in [3.63, 3.8) is 0 Å². The van der Waals surface area contributed by atoms with Crippen molar-refractivity contribution in [3.05, 3.63) is 70.6 Å². The molecule has 5 fully saturated rings. The van der Waals surface area contributed by atoms with Gasteiger partial charge >= 0.3 is 6.09 Å². The first-order valence-corrected chi connectivity index (χ1v) is 26.4. The van der Waals surface area contributed by atoms with E-state index in [1.807, 2.05) is 24.9 Å². The number of likely N-dealkylation sites (tertiary alicyclic amines) is 3. The van der Waals surface area contributed by atoms with Crippen LogP contribution in [0.3, 0.4) is 0 Å². The number of rotatable bonds is 10. The first-order chi connectivity index (χ1) is 32.8. The van der Waals surface area contributed by atoms with Gasteiger partial charge in [0.25, 0.3) is 0 Å². The Morgan fingerprint density at radius 3 is 1.91 bits per heavy atom. The van der Waals surface area contributed by atoms with Gasteiger partial charge in [-0.1, -0.05) is 64.8 Å². The molecule has 5 heterocycles. The highest BCUT2D eigenvalue weighted by atomic mass is 16.5. The van der Waals surface area contributed by atoms with E-state index in [9.17, 15) is 14.4 Å². The fraction of sp³-hybridized carbons (Fsp3) is 0.625. The van der Waals surface area contributed by atoms with E-state index in [1.165, 1.54) is 96.6 Å². The quantitative estimate of drug-likeness (QED) is 0.144. The summed E-state index contributed by atoms with van der Waals surface area (Å²) in [4.78, 5) is 64.6. The molecule has 2 bridgehead atoms. The standard InChI is InChI=1S/C56H74N8O4/c1-33(2)25-48(65)64-36-13-12-35(26-36)50(64)52-58-32-46(60-52)40-17-15-38(42-28-56(30-44(40)42)20-23-62(5)24-21-56)37-14-16-39(43-29-55(27-41(37)43)18-8-9-19-55)45-31-57-51(59-45)47-11-7-10-22-63(47)53(66)49(34(3)4)61-54(67)68-6/h14-17,31-36,47,49-50H,7-13,18-30H2,1-6H3,(H,57,59)(H,58,60)(H,61,67)/t35?,36?,47-,49-,50-/m0/s1. The molecule has 362 valence electrons. The largest absolute Gasteiger partial charge is 0.453 e. The fourth-order valence-corrected chi connectivity index (χ4v) is 14.5. The van der Waals surface area contributed by atoms with Gasteiger partial charge in [-0.05, 0) is 172 Å². The molecule has 2 aromatic heterocycles. The van der Waals surface area contributed by atoms with Crippen molar-refractivity contribution >= 4 is 17.9 Å². The summed E-state index contributed by atoms with van der Waals surface area (Å²) >= 11 is 0.